The van der Waals surface area contributed by atoms with Gasteiger partial charge in [0.05, 0.1) is 0 Å². The molecule has 0 nitrogen and oxygen atoms in total. The Morgan fingerprint density at radius 2 is 1.13 bits per heavy atom. The van der Waals surface area contributed by atoms with Gasteiger partial charge in [0.25, 0.3) is 0 Å². The zero-order valence-electron chi connectivity index (χ0n) is 12.8. The first-order chi connectivity index (χ1) is 10.8. The van der Waals surface area contributed by atoms with Crippen molar-refractivity contribution in [3.63, 3.8) is 0 Å². The van der Waals surface area contributed by atoms with E-state index in [2.05, 4.69) is 85.3 Å². The van der Waals surface area contributed by atoms with Crippen LogP contribution >= 0.6 is 0 Å². The van der Waals surface area contributed by atoms with E-state index in [0.29, 0.717) is 5.92 Å². The fourth-order valence-electron chi connectivity index (χ4n) is 1.54. The van der Waals surface area contributed by atoms with Crippen molar-refractivity contribution in [2.75, 3.05) is 0 Å². The molecule has 0 saturated heterocycles. The van der Waals surface area contributed by atoms with Crippen molar-refractivity contribution in [3.8, 4) is 10.7 Å². The van der Waals surface area contributed by atoms with Crippen LogP contribution in [-0.2, 0) is 0 Å². The van der Waals surface area contributed by atoms with E-state index in [1.807, 2.05) is 0 Å². The Morgan fingerprint density at radius 1 is 0.783 bits per heavy atom. The smallest absolute Gasteiger partial charge is 0.418 e. The quantitative estimate of drug-likeness (QED) is 0.418. The number of benzene rings is 2. The van der Waals surface area contributed by atoms with E-state index in [4.69, 9.17) is 0 Å². The Morgan fingerprint density at radius 3 is 1.43 bits per heavy atom. The van der Waals surface area contributed by atoms with Gasteiger partial charge in [0.1, 0.15) is 0 Å². The molecule has 0 N–H and O–H groups in total. The average Bonchev–Trinajstić information content (AvgIpc) is 2.48. The average molecular weight is 387 g/mol. The minimum absolute atomic E-state index is 0.434. The Kier molecular flexibility index (Phi) is 7.95. The maximum absolute atomic E-state index is 9.75. The number of rotatable bonds is 2. The molecule has 2 rings (SSSR count). The largest absolute Gasteiger partial charge is 0.673 e. The molecule has 0 spiro atoms. The van der Waals surface area contributed by atoms with E-state index in [-0.39, 0.29) is 0 Å². The molecule has 0 heterocycles. The number of halogens is 4. The summed E-state index contributed by atoms with van der Waals surface area (Å²) in [5, 5.41) is 0. The molecule has 6 heteroatoms. The first-order valence-electron chi connectivity index (χ1n) is 7.00. The SMILES string of the molecule is CC(C)C#C[Se+](c1ccccc1)c1ccccc1.F[B-](F)(F)F. The van der Waals surface area contributed by atoms with Gasteiger partial charge in [-0.2, -0.15) is 0 Å². The molecule has 0 saturated carbocycles. The van der Waals surface area contributed by atoms with Gasteiger partial charge in [-0.1, -0.05) is 0 Å². The zero-order valence-corrected chi connectivity index (χ0v) is 14.6. The van der Waals surface area contributed by atoms with Crippen molar-refractivity contribution in [1.82, 2.24) is 0 Å². The summed E-state index contributed by atoms with van der Waals surface area (Å²) in [5.74, 6) is 3.78. The first kappa shape index (κ1) is 19.4. The topological polar surface area (TPSA) is 0 Å². The molecule has 2 aromatic rings. The predicted octanol–water partition coefficient (Wildman–Crippen LogP) is 3.79. The summed E-state index contributed by atoms with van der Waals surface area (Å²) in [6.07, 6.45) is 0. The third kappa shape index (κ3) is 9.13. The molecule has 0 atom stereocenters. The van der Waals surface area contributed by atoms with Crippen LogP contribution in [0.2, 0.25) is 0 Å². The van der Waals surface area contributed by atoms with E-state index in [1.54, 1.807) is 0 Å². The molecule has 122 valence electrons. The predicted molar refractivity (Wildman–Crippen MR) is 90.7 cm³/mol. The standard InChI is InChI=1S/C17H17Se.BF4/c1-15(2)13-14-18(16-9-5-3-6-10-16)17-11-7-4-8-12-17;2-1(3,4)5/h3-12,15H,1-2H3;/q+1;-1. The van der Waals surface area contributed by atoms with E-state index < -0.39 is 21.2 Å². The molecule has 23 heavy (non-hydrogen) atoms. The Bertz CT molecular complexity index is 585. The summed E-state index contributed by atoms with van der Waals surface area (Å²) in [6.45, 7) is 4.29. The van der Waals surface area contributed by atoms with Gasteiger partial charge in [0.15, 0.2) is 0 Å². The number of hydrogen-bond acceptors (Lipinski definition) is 0. The van der Waals surface area contributed by atoms with E-state index in [9.17, 15) is 17.3 Å². The van der Waals surface area contributed by atoms with Crippen molar-refractivity contribution >= 4 is 30.1 Å². The minimum atomic E-state index is -6.00. The molecule has 0 bridgehead atoms. The molecular weight excluding hydrogens is 370 g/mol. The first-order valence-corrected chi connectivity index (χ1v) is 9.57. The van der Waals surface area contributed by atoms with Gasteiger partial charge < -0.3 is 17.3 Å². The third-order valence-electron chi connectivity index (χ3n) is 2.41. The molecule has 0 aliphatic rings. The molecule has 0 aliphatic heterocycles. The van der Waals surface area contributed by atoms with Crippen molar-refractivity contribution in [2.45, 2.75) is 13.8 Å². The Labute approximate surface area is 138 Å². The van der Waals surface area contributed by atoms with E-state index in [0.717, 1.165) is 0 Å². The van der Waals surface area contributed by atoms with Crippen molar-refractivity contribution in [2.24, 2.45) is 5.92 Å². The van der Waals surface area contributed by atoms with Crippen molar-refractivity contribution in [3.05, 3.63) is 60.7 Å². The second kappa shape index (κ2) is 9.44. The summed E-state index contributed by atoms with van der Waals surface area (Å²) in [5.41, 5.74) is 0. The van der Waals surface area contributed by atoms with Gasteiger partial charge in [-0.05, 0) is 0 Å². The summed E-state index contributed by atoms with van der Waals surface area (Å²) in [6, 6.07) is 21.3. The van der Waals surface area contributed by atoms with Gasteiger partial charge >= 0.3 is 121 Å². The van der Waals surface area contributed by atoms with Crippen LogP contribution in [0.25, 0.3) is 0 Å². The maximum atomic E-state index is 9.75. The van der Waals surface area contributed by atoms with Gasteiger partial charge in [0.2, 0.25) is 0 Å². The van der Waals surface area contributed by atoms with Crippen LogP contribution < -0.4 is 8.92 Å². The van der Waals surface area contributed by atoms with Crippen molar-refractivity contribution < 1.29 is 17.3 Å². The summed E-state index contributed by atoms with van der Waals surface area (Å²) in [7, 11) is -6.00. The molecular formula is C17H17BF4Se. The van der Waals surface area contributed by atoms with Crippen LogP contribution in [0.3, 0.4) is 0 Å². The Balaban J connectivity index is 0.000000463. The third-order valence-corrected chi connectivity index (χ3v) is 6.20. The zero-order chi connectivity index (χ0) is 17.3. The molecule has 0 aliphatic carbocycles. The van der Waals surface area contributed by atoms with Crippen molar-refractivity contribution in [1.29, 1.82) is 0 Å². The second-order valence-electron chi connectivity index (χ2n) is 4.83. The summed E-state index contributed by atoms with van der Waals surface area (Å²) in [4.78, 5) is 3.53. The molecule has 0 aromatic heterocycles. The van der Waals surface area contributed by atoms with Crippen LogP contribution in [0.1, 0.15) is 13.8 Å². The molecule has 0 fully saturated rings. The monoisotopic (exact) mass is 388 g/mol. The molecule has 0 radical (unpaired) electrons. The minimum Gasteiger partial charge on any atom is -0.418 e. The van der Waals surface area contributed by atoms with E-state index >= 15 is 0 Å². The van der Waals surface area contributed by atoms with Crippen LogP contribution in [-0.4, -0.2) is 21.2 Å². The maximum Gasteiger partial charge on any atom is 0.673 e. The van der Waals surface area contributed by atoms with Crippen LogP contribution in [0.4, 0.5) is 17.3 Å². The normalized spacial score (nSPS) is 10.6. The molecule has 0 amide bonds. The van der Waals surface area contributed by atoms with Gasteiger partial charge in [-0.25, -0.2) is 0 Å². The molecule has 2 aromatic carbocycles. The summed E-state index contributed by atoms with van der Waals surface area (Å²) >= 11 is -1.21. The van der Waals surface area contributed by atoms with Gasteiger partial charge in [-0.3, -0.25) is 0 Å². The number of hydrogen-bond donors (Lipinski definition) is 0. The Hall–Kier alpha value is -1.70. The van der Waals surface area contributed by atoms with Crippen LogP contribution in [0, 0.1) is 16.7 Å². The fourth-order valence-corrected chi connectivity index (χ4v) is 5.15. The fraction of sp³-hybridized carbons (Fsp3) is 0.176. The van der Waals surface area contributed by atoms with Crippen LogP contribution in [0.5, 0.6) is 0 Å². The van der Waals surface area contributed by atoms with Gasteiger partial charge in [-0.15, -0.1) is 0 Å². The van der Waals surface area contributed by atoms with Gasteiger partial charge in [0, 0.05) is 0 Å². The molecule has 0 unspecified atom stereocenters. The second-order valence-corrected chi connectivity index (χ2v) is 8.52. The van der Waals surface area contributed by atoms with Crippen LogP contribution in [0.15, 0.2) is 60.7 Å². The summed E-state index contributed by atoms with van der Waals surface area (Å²) < 4.78 is 41.8. The van der Waals surface area contributed by atoms with E-state index in [1.165, 1.54) is 8.92 Å².